The molecule has 0 unspecified atom stereocenters. The molecule has 1 aromatic rings. The molecule has 3 nitrogen and oxygen atoms in total. The van der Waals surface area contributed by atoms with Crippen LogP contribution in [0.1, 0.15) is 38.2 Å². The Morgan fingerprint density at radius 1 is 1.32 bits per heavy atom. The highest BCUT2D eigenvalue weighted by Crippen LogP contribution is 2.27. The van der Waals surface area contributed by atoms with E-state index in [0.29, 0.717) is 0 Å². The number of hydrogen-bond acceptors (Lipinski definition) is 3. The van der Waals surface area contributed by atoms with Crippen LogP contribution in [0.5, 0.6) is 0 Å². The molecule has 0 spiro atoms. The summed E-state index contributed by atoms with van der Waals surface area (Å²) >= 11 is 3.54. The Balaban J connectivity index is 1.74. The maximum atomic E-state index is 4.66. The lowest BCUT2D eigenvalue weighted by atomic mass is 9.99. The summed E-state index contributed by atoms with van der Waals surface area (Å²) in [5.74, 6) is 2.04. The average Bonchev–Trinajstić information content (AvgIpc) is 3.22. The third kappa shape index (κ3) is 3.48. The van der Waals surface area contributed by atoms with Crippen LogP contribution in [-0.4, -0.2) is 24.1 Å². The van der Waals surface area contributed by atoms with Crippen LogP contribution < -0.4 is 10.2 Å². The van der Waals surface area contributed by atoms with E-state index in [1.54, 1.807) is 0 Å². The summed E-state index contributed by atoms with van der Waals surface area (Å²) in [7, 11) is 0. The first kappa shape index (κ1) is 13.4. The molecule has 2 aliphatic rings. The second kappa shape index (κ2) is 5.80. The minimum absolute atomic E-state index is 0.744. The van der Waals surface area contributed by atoms with E-state index in [0.717, 1.165) is 36.1 Å². The molecule has 104 valence electrons. The van der Waals surface area contributed by atoms with Gasteiger partial charge in [0.15, 0.2) is 0 Å². The van der Waals surface area contributed by atoms with Crippen molar-refractivity contribution in [2.45, 2.75) is 45.2 Å². The molecular weight excluding hydrogens is 302 g/mol. The van der Waals surface area contributed by atoms with Gasteiger partial charge in [0, 0.05) is 41.9 Å². The molecule has 4 heteroatoms. The standard InChI is InChI=1S/C15H22BrN3/c1-11-4-6-19(7-5-11)15-12(8-13(16)10-18-15)9-17-14-2-3-14/h8,10-11,14,17H,2-7,9H2,1H3. The number of pyridine rings is 1. The van der Waals surface area contributed by atoms with Crippen LogP contribution in [0.4, 0.5) is 5.82 Å². The topological polar surface area (TPSA) is 28.2 Å². The largest absolute Gasteiger partial charge is 0.356 e. The minimum atomic E-state index is 0.744. The Morgan fingerprint density at radius 2 is 2.05 bits per heavy atom. The Morgan fingerprint density at radius 3 is 2.74 bits per heavy atom. The van der Waals surface area contributed by atoms with Crippen molar-refractivity contribution in [3.8, 4) is 0 Å². The van der Waals surface area contributed by atoms with Crippen LogP contribution in [0.3, 0.4) is 0 Å². The van der Waals surface area contributed by atoms with Crippen molar-refractivity contribution in [2.75, 3.05) is 18.0 Å². The number of nitrogens with one attached hydrogen (secondary N) is 1. The summed E-state index contributed by atoms with van der Waals surface area (Å²) in [6.45, 7) is 5.58. The number of piperidine rings is 1. The van der Waals surface area contributed by atoms with Crippen molar-refractivity contribution in [1.29, 1.82) is 0 Å². The molecule has 2 fully saturated rings. The van der Waals surface area contributed by atoms with Gasteiger partial charge in [-0.25, -0.2) is 4.98 Å². The summed E-state index contributed by atoms with van der Waals surface area (Å²) in [6.07, 6.45) is 7.16. The van der Waals surface area contributed by atoms with Crippen molar-refractivity contribution in [3.63, 3.8) is 0 Å². The van der Waals surface area contributed by atoms with Crippen molar-refractivity contribution < 1.29 is 0 Å². The van der Waals surface area contributed by atoms with Gasteiger partial charge in [0.2, 0.25) is 0 Å². The van der Waals surface area contributed by atoms with Crippen molar-refractivity contribution >= 4 is 21.7 Å². The fraction of sp³-hybridized carbons (Fsp3) is 0.667. The quantitative estimate of drug-likeness (QED) is 0.921. The molecule has 19 heavy (non-hydrogen) atoms. The normalized spacial score (nSPS) is 20.8. The second-order valence-corrected chi connectivity index (χ2v) is 6.88. The molecule has 2 heterocycles. The lowest BCUT2D eigenvalue weighted by Crippen LogP contribution is -2.34. The summed E-state index contributed by atoms with van der Waals surface area (Å²) < 4.78 is 1.08. The molecule has 1 aliphatic carbocycles. The third-order valence-electron chi connectivity index (χ3n) is 4.15. The lowest BCUT2D eigenvalue weighted by molar-refractivity contribution is 0.435. The number of halogens is 1. The molecule has 0 bridgehead atoms. The molecule has 1 aliphatic heterocycles. The highest BCUT2D eigenvalue weighted by Gasteiger charge is 2.23. The zero-order chi connectivity index (χ0) is 13.2. The Labute approximate surface area is 123 Å². The van der Waals surface area contributed by atoms with E-state index in [4.69, 9.17) is 0 Å². The van der Waals surface area contributed by atoms with Gasteiger partial charge < -0.3 is 10.2 Å². The van der Waals surface area contributed by atoms with E-state index in [1.807, 2.05) is 6.20 Å². The maximum absolute atomic E-state index is 4.66. The minimum Gasteiger partial charge on any atom is -0.356 e. The average molecular weight is 324 g/mol. The van der Waals surface area contributed by atoms with Gasteiger partial charge in [0.05, 0.1) is 0 Å². The monoisotopic (exact) mass is 323 g/mol. The molecule has 0 aromatic carbocycles. The fourth-order valence-corrected chi connectivity index (χ4v) is 3.03. The summed E-state index contributed by atoms with van der Waals surface area (Å²) in [5.41, 5.74) is 1.33. The summed E-state index contributed by atoms with van der Waals surface area (Å²) in [5, 5.41) is 3.60. The first-order valence-corrected chi connectivity index (χ1v) is 8.14. The smallest absolute Gasteiger partial charge is 0.133 e. The lowest BCUT2D eigenvalue weighted by Gasteiger charge is -2.32. The van der Waals surface area contributed by atoms with Crippen LogP contribution in [0.2, 0.25) is 0 Å². The van der Waals surface area contributed by atoms with Gasteiger partial charge in [-0.15, -0.1) is 0 Å². The number of hydrogen-bond donors (Lipinski definition) is 1. The Bertz CT molecular complexity index is 437. The summed E-state index contributed by atoms with van der Waals surface area (Å²) in [6, 6.07) is 2.96. The summed E-state index contributed by atoms with van der Waals surface area (Å²) in [4.78, 5) is 7.12. The highest BCUT2D eigenvalue weighted by molar-refractivity contribution is 9.10. The van der Waals surface area contributed by atoms with Crippen LogP contribution in [0, 0.1) is 5.92 Å². The number of rotatable bonds is 4. The van der Waals surface area contributed by atoms with E-state index >= 15 is 0 Å². The SMILES string of the molecule is CC1CCN(c2ncc(Br)cc2CNC2CC2)CC1. The van der Waals surface area contributed by atoms with E-state index in [9.17, 15) is 0 Å². The van der Waals surface area contributed by atoms with Crippen LogP contribution in [-0.2, 0) is 6.54 Å². The number of nitrogens with zero attached hydrogens (tertiary/aromatic N) is 2. The molecule has 1 saturated heterocycles. The van der Waals surface area contributed by atoms with Gasteiger partial charge in [0.1, 0.15) is 5.82 Å². The molecule has 1 aromatic heterocycles. The van der Waals surface area contributed by atoms with E-state index in [-0.39, 0.29) is 0 Å². The third-order valence-corrected chi connectivity index (χ3v) is 4.58. The second-order valence-electron chi connectivity index (χ2n) is 5.96. The molecule has 1 N–H and O–H groups in total. The first-order valence-electron chi connectivity index (χ1n) is 7.35. The van der Waals surface area contributed by atoms with E-state index in [2.05, 4.69) is 44.1 Å². The molecule has 0 radical (unpaired) electrons. The molecule has 1 saturated carbocycles. The van der Waals surface area contributed by atoms with Crippen molar-refractivity contribution in [2.24, 2.45) is 5.92 Å². The molecule has 3 rings (SSSR count). The Kier molecular flexibility index (Phi) is 4.08. The van der Waals surface area contributed by atoms with Crippen molar-refractivity contribution in [1.82, 2.24) is 10.3 Å². The van der Waals surface area contributed by atoms with Gasteiger partial charge in [-0.1, -0.05) is 6.92 Å². The molecular formula is C15H22BrN3. The van der Waals surface area contributed by atoms with Gasteiger partial charge in [-0.05, 0) is 53.6 Å². The van der Waals surface area contributed by atoms with Crippen LogP contribution in [0.15, 0.2) is 16.7 Å². The maximum Gasteiger partial charge on any atom is 0.133 e. The number of aromatic nitrogens is 1. The molecule has 0 atom stereocenters. The highest BCUT2D eigenvalue weighted by atomic mass is 79.9. The van der Waals surface area contributed by atoms with E-state index in [1.165, 1.54) is 37.1 Å². The zero-order valence-corrected chi connectivity index (χ0v) is 13.1. The van der Waals surface area contributed by atoms with Gasteiger partial charge in [0.25, 0.3) is 0 Å². The molecule has 0 amide bonds. The van der Waals surface area contributed by atoms with Crippen LogP contribution >= 0.6 is 15.9 Å². The zero-order valence-electron chi connectivity index (χ0n) is 11.5. The van der Waals surface area contributed by atoms with Gasteiger partial charge in [-0.2, -0.15) is 0 Å². The predicted octanol–water partition coefficient (Wildman–Crippen LogP) is 3.33. The number of anilines is 1. The first-order chi connectivity index (χ1) is 9.22. The van der Waals surface area contributed by atoms with Gasteiger partial charge in [-0.3, -0.25) is 0 Å². The Hall–Kier alpha value is -0.610. The van der Waals surface area contributed by atoms with E-state index < -0.39 is 0 Å². The van der Waals surface area contributed by atoms with Crippen LogP contribution in [0.25, 0.3) is 0 Å². The van der Waals surface area contributed by atoms with Crippen molar-refractivity contribution in [3.05, 3.63) is 22.3 Å². The van der Waals surface area contributed by atoms with Gasteiger partial charge >= 0.3 is 0 Å². The predicted molar refractivity (Wildman–Crippen MR) is 82.4 cm³/mol. The fourth-order valence-electron chi connectivity index (χ4n) is 2.65.